The maximum atomic E-state index is 6.22. The molecule has 2 N–H and O–H groups in total. The fourth-order valence-electron chi connectivity index (χ4n) is 3.74. The van der Waals surface area contributed by atoms with Crippen LogP contribution in [-0.2, 0) is 4.74 Å². The minimum atomic E-state index is 0.184. The third-order valence-electron chi connectivity index (χ3n) is 4.91. The molecule has 2 aliphatic rings. The Hall–Kier alpha value is 0.230. The average molecular weight is 286 g/mol. The lowest BCUT2D eigenvalue weighted by Crippen LogP contribution is -2.63. The number of rotatable bonds is 3. The molecule has 0 aromatic heterocycles. The van der Waals surface area contributed by atoms with Crippen molar-refractivity contribution in [3.63, 3.8) is 0 Å². The molecule has 3 atom stereocenters. The van der Waals surface area contributed by atoms with Crippen molar-refractivity contribution >= 4 is 11.8 Å². The Bertz CT molecular complexity index is 311. The van der Waals surface area contributed by atoms with Crippen molar-refractivity contribution in [3.8, 4) is 0 Å². The first-order chi connectivity index (χ1) is 8.92. The Kier molecular flexibility index (Phi) is 4.87. The summed E-state index contributed by atoms with van der Waals surface area (Å²) in [4.78, 5) is 2.63. The summed E-state index contributed by atoms with van der Waals surface area (Å²) < 4.78 is 5.68. The number of thioether (sulfide) groups is 1. The molecule has 0 aromatic carbocycles. The van der Waals surface area contributed by atoms with Crippen molar-refractivity contribution in [1.29, 1.82) is 0 Å². The van der Waals surface area contributed by atoms with Crippen molar-refractivity contribution < 1.29 is 4.74 Å². The number of likely N-dealkylation sites (tertiary alicyclic amines) is 1. The van der Waals surface area contributed by atoms with Gasteiger partial charge in [0.25, 0.3) is 0 Å². The number of ether oxygens (including phenoxy) is 1. The molecule has 0 saturated carbocycles. The van der Waals surface area contributed by atoms with Gasteiger partial charge in [0.2, 0.25) is 0 Å². The summed E-state index contributed by atoms with van der Waals surface area (Å²) in [6.45, 7) is 10.1. The van der Waals surface area contributed by atoms with Crippen LogP contribution < -0.4 is 5.73 Å². The topological polar surface area (TPSA) is 38.5 Å². The van der Waals surface area contributed by atoms with E-state index in [1.165, 1.54) is 30.9 Å². The van der Waals surface area contributed by atoms with Gasteiger partial charge in [0, 0.05) is 31.5 Å². The van der Waals surface area contributed by atoms with E-state index < -0.39 is 0 Å². The summed E-state index contributed by atoms with van der Waals surface area (Å²) in [6.07, 6.45) is 2.81. The van der Waals surface area contributed by atoms with Gasteiger partial charge in [0.05, 0.1) is 6.10 Å². The highest BCUT2D eigenvalue weighted by Crippen LogP contribution is 2.43. The number of piperidine rings is 1. The summed E-state index contributed by atoms with van der Waals surface area (Å²) in [6, 6.07) is 0. The predicted molar refractivity (Wildman–Crippen MR) is 83.7 cm³/mol. The minimum absolute atomic E-state index is 0.184. The monoisotopic (exact) mass is 286 g/mol. The fraction of sp³-hybridized carbons (Fsp3) is 1.00. The minimum Gasteiger partial charge on any atom is -0.380 e. The molecule has 0 aromatic rings. The van der Waals surface area contributed by atoms with E-state index in [2.05, 4.69) is 37.4 Å². The van der Waals surface area contributed by atoms with E-state index in [4.69, 9.17) is 10.5 Å². The summed E-state index contributed by atoms with van der Waals surface area (Å²) in [5, 5.41) is 0. The molecule has 19 heavy (non-hydrogen) atoms. The van der Waals surface area contributed by atoms with E-state index in [-0.39, 0.29) is 5.54 Å². The van der Waals surface area contributed by atoms with Gasteiger partial charge in [-0.3, -0.25) is 4.90 Å². The van der Waals surface area contributed by atoms with E-state index in [1.807, 2.05) is 7.11 Å². The summed E-state index contributed by atoms with van der Waals surface area (Å²) in [5.41, 5.74) is 6.80. The van der Waals surface area contributed by atoms with E-state index in [9.17, 15) is 0 Å². The number of hydrogen-bond acceptors (Lipinski definition) is 4. The SMILES string of the molecule is COC1CN(C2(CN)CSCC(C)(C)C2)CCC1C. The van der Waals surface area contributed by atoms with E-state index >= 15 is 0 Å². The van der Waals surface area contributed by atoms with Crippen molar-refractivity contribution in [2.45, 2.75) is 45.3 Å². The molecule has 0 spiro atoms. The maximum absolute atomic E-state index is 6.22. The quantitative estimate of drug-likeness (QED) is 0.863. The third-order valence-corrected chi connectivity index (χ3v) is 6.64. The summed E-state index contributed by atoms with van der Waals surface area (Å²) >= 11 is 2.07. The lowest BCUT2D eigenvalue weighted by atomic mass is 9.77. The van der Waals surface area contributed by atoms with E-state index in [0.717, 1.165) is 13.1 Å². The van der Waals surface area contributed by atoms with Crippen LogP contribution in [-0.4, -0.2) is 54.8 Å². The van der Waals surface area contributed by atoms with Gasteiger partial charge in [-0.15, -0.1) is 0 Å². The molecule has 3 unspecified atom stereocenters. The molecule has 4 heteroatoms. The number of hydrogen-bond donors (Lipinski definition) is 1. The second-order valence-corrected chi connectivity index (χ2v) is 8.23. The Morgan fingerprint density at radius 1 is 1.37 bits per heavy atom. The first-order valence-corrected chi connectivity index (χ1v) is 8.64. The van der Waals surface area contributed by atoms with E-state index in [0.29, 0.717) is 17.4 Å². The van der Waals surface area contributed by atoms with Crippen molar-refractivity contribution in [2.75, 3.05) is 38.2 Å². The Labute approximate surface area is 122 Å². The summed E-state index contributed by atoms with van der Waals surface area (Å²) in [5.74, 6) is 3.10. The molecule has 2 heterocycles. The normalized spacial score (nSPS) is 40.3. The molecule has 2 saturated heterocycles. The molecule has 0 aliphatic carbocycles. The zero-order chi connectivity index (χ0) is 14.1. The largest absolute Gasteiger partial charge is 0.380 e. The zero-order valence-electron chi connectivity index (χ0n) is 12.9. The average Bonchev–Trinajstić information content (AvgIpc) is 2.38. The van der Waals surface area contributed by atoms with Gasteiger partial charge in [-0.05, 0) is 36.5 Å². The molecule has 0 bridgehead atoms. The van der Waals surface area contributed by atoms with Crippen LogP contribution in [0.3, 0.4) is 0 Å². The number of methoxy groups -OCH3 is 1. The lowest BCUT2D eigenvalue weighted by molar-refractivity contribution is -0.0489. The van der Waals surface area contributed by atoms with Crippen molar-refractivity contribution in [2.24, 2.45) is 17.1 Å². The highest BCUT2D eigenvalue weighted by Gasteiger charge is 2.45. The fourth-order valence-corrected chi connectivity index (χ4v) is 5.28. The molecule has 2 aliphatic heterocycles. The molecule has 2 rings (SSSR count). The van der Waals surface area contributed by atoms with Gasteiger partial charge in [-0.2, -0.15) is 11.8 Å². The molecule has 2 fully saturated rings. The molecular formula is C15H30N2OS. The molecule has 112 valence electrons. The molecular weight excluding hydrogens is 256 g/mol. The summed E-state index contributed by atoms with van der Waals surface area (Å²) in [7, 11) is 1.85. The van der Waals surface area contributed by atoms with Crippen LogP contribution in [0.5, 0.6) is 0 Å². The highest BCUT2D eigenvalue weighted by atomic mass is 32.2. The molecule has 3 nitrogen and oxygen atoms in total. The number of nitrogens with two attached hydrogens (primary N) is 1. The van der Waals surface area contributed by atoms with Crippen LogP contribution >= 0.6 is 11.8 Å². The second kappa shape index (κ2) is 5.92. The van der Waals surface area contributed by atoms with Crippen molar-refractivity contribution in [1.82, 2.24) is 4.90 Å². The van der Waals surface area contributed by atoms with Gasteiger partial charge in [0.15, 0.2) is 0 Å². The number of nitrogens with zero attached hydrogens (tertiary/aromatic N) is 1. The molecule has 0 radical (unpaired) electrons. The van der Waals surface area contributed by atoms with Crippen LogP contribution in [0.4, 0.5) is 0 Å². The van der Waals surface area contributed by atoms with Crippen molar-refractivity contribution in [3.05, 3.63) is 0 Å². The van der Waals surface area contributed by atoms with Crippen LogP contribution in [0.1, 0.15) is 33.6 Å². The van der Waals surface area contributed by atoms with Gasteiger partial charge in [-0.1, -0.05) is 20.8 Å². The predicted octanol–water partition coefficient (Wildman–Crippen LogP) is 2.20. The molecule has 0 amide bonds. The highest BCUT2D eigenvalue weighted by molar-refractivity contribution is 7.99. The van der Waals surface area contributed by atoms with Crippen LogP contribution in [0.2, 0.25) is 0 Å². The van der Waals surface area contributed by atoms with Crippen LogP contribution in [0.15, 0.2) is 0 Å². The standard InChI is InChI=1S/C15H30N2OS/c1-12-5-6-17(7-13(12)18-4)15(9-16)8-14(2,3)10-19-11-15/h12-13H,5-11,16H2,1-4H3. The Morgan fingerprint density at radius 3 is 2.68 bits per heavy atom. The third kappa shape index (κ3) is 3.29. The van der Waals surface area contributed by atoms with Crippen LogP contribution in [0, 0.1) is 11.3 Å². The second-order valence-electron chi connectivity index (χ2n) is 7.25. The van der Waals surface area contributed by atoms with Gasteiger partial charge in [0.1, 0.15) is 0 Å². The van der Waals surface area contributed by atoms with E-state index in [1.54, 1.807) is 0 Å². The smallest absolute Gasteiger partial charge is 0.0724 e. The van der Waals surface area contributed by atoms with Gasteiger partial charge in [-0.25, -0.2) is 0 Å². The van der Waals surface area contributed by atoms with Crippen LogP contribution in [0.25, 0.3) is 0 Å². The van der Waals surface area contributed by atoms with Gasteiger partial charge >= 0.3 is 0 Å². The Morgan fingerprint density at radius 2 is 2.11 bits per heavy atom. The zero-order valence-corrected chi connectivity index (χ0v) is 13.8. The first-order valence-electron chi connectivity index (χ1n) is 7.48. The first kappa shape index (κ1) is 15.6. The Balaban J connectivity index is 2.12. The lowest BCUT2D eigenvalue weighted by Gasteiger charge is -2.53. The van der Waals surface area contributed by atoms with Gasteiger partial charge < -0.3 is 10.5 Å². The maximum Gasteiger partial charge on any atom is 0.0724 e.